The number of nitrogens with zero attached hydrogens (tertiary/aromatic N) is 4. The number of amides is 1. The Morgan fingerprint density at radius 3 is 2.69 bits per heavy atom. The summed E-state index contributed by atoms with van der Waals surface area (Å²) in [7, 11) is 0. The van der Waals surface area contributed by atoms with Gasteiger partial charge in [-0.1, -0.05) is 6.42 Å². The lowest BCUT2D eigenvalue weighted by Crippen LogP contribution is -3.19. The van der Waals surface area contributed by atoms with Crippen LogP contribution >= 0.6 is 11.3 Å². The van der Waals surface area contributed by atoms with Crippen LogP contribution in [0.2, 0.25) is 0 Å². The first kappa shape index (κ1) is 19.8. The van der Waals surface area contributed by atoms with E-state index < -0.39 is 0 Å². The molecule has 0 bridgehead atoms. The molecule has 29 heavy (non-hydrogen) atoms. The fraction of sp³-hybridized carbons (Fsp3) is 0.524. The van der Waals surface area contributed by atoms with E-state index in [0.717, 1.165) is 56.4 Å². The second-order valence-electron chi connectivity index (χ2n) is 7.79. The summed E-state index contributed by atoms with van der Waals surface area (Å²) in [6, 6.07) is 4.00. The van der Waals surface area contributed by atoms with Crippen molar-refractivity contribution in [1.82, 2.24) is 9.97 Å². The zero-order chi connectivity index (χ0) is 20.2. The Hall–Kier alpha value is -2.50. The summed E-state index contributed by atoms with van der Waals surface area (Å²) in [4.78, 5) is 26.3. The number of carbonyl (C=O) groups is 1. The van der Waals surface area contributed by atoms with Gasteiger partial charge in [-0.05, 0) is 44.2 Å². The van der Waals surface area contributed by atoms with Crippen LogP contribution in [0.3, 0.4) is 0 Å². The van der Waals surface area contributed by atoms with Crippen LogP contribution in [0.4, 0.5) is 10.9 Å². The molecular weight excluding hydrogens is 384 g/mol. The molecule has 7 nitrogen and oxygen atoms in total. The number of aromatic nitrogens is 2. The highest BCUT2D eigenvalue weighted by molar-refractivity contribution is 7.16. The van der Waals surface area contributed by atoms with Crippen molar-refractivity contribution in [3.63, 3.8) is 0 Å². The average molecular weight is 412 g/mol. The molecular formula is C21H27N6OS+. The van der Waals surface area contributed by atoms with E-state index in [9.17, 15) is 10.1 Å². The molecule has 3 heterocycles. The van der Waals surface area contributed by atoms with Gasteiger partial charge in [-0.3, -0.25) is 4.79 Å². The van der Waals surface area contributed by atoms with Gasteiger partial charge < -0.3 is 15.1 Å². The van der Waals surface area contributed by atoms with Crippen LogP contribution < -0.4 is 15.1 Å². The Balaban J connectivity index is 1.39. The lowest BCUT2D eigenvalue weighted by Gasteiger charge is -2.34. The van der Waals surface area contributed by atoms with Crippen LogP contribution in [0.1, 0.15) is 42.2 Å². The number of thiophene rings is 1. The maximum Gasteiger partial charge on any atom is 0.283 e. The van der Waals surface area contributed by atoms with Gasteiger partial charge in [0.1, 0.15) is 11.1 Å². The van der Waals surface area contributed by atoms with Gasteiger partial charge in [-0.15, -0.1) is 11.3 Å². The van der Waals surface area contributed by atoms with Gasteiger partial charge in [0.05, 0.1) is 31.7 Å². The number of fused-ring (bicyclic) bond motifs is 1. The highest BCUT2D eigenvalue weighted by Crippen LogP contribution is 2.36. The van der Waals surface area contributed by atoms with Gasteiger partial charge >= 0.3 is 0 Å². The maximum absolute atomic E-state index is 12.9. The Morgan fingerprint density at radius 2 is 1.97 bits per heavy atom. The molecule has 1 aliphatic carbocycles. The predicted molar refractivity (Wildman–Crippen MR) is 113 cm³/mol. The zero-order valence-electron chi connectivity index (χ0n) is 16.8. The Bertz CT molecular complexity index is 898. The monoisotopic (exact) mass is 411 g/mol. The highest BCUT2D eigenvalue weighted by Gasteiger charge is 2.31. The predicted octanol–water partition coefficient (Wildman–Crippen LogP) is 1.41. The third kappa shape index (κ3) is 4.26. The second-order valence-corrected chi connectivity index (χ2v) is 8.89. The van der Waals surface area contributed by atoms with Gasteiger partial charge in [0.15, 0.2) is 6.04 Å². The van der Waals surface area contributed by atoms with Crippen LogP contribution in [0, 0.1) is 11.3 Å². The summed E-state index contributed by atoms with van der Waals surface area (Å²) < 4.78 is 0. The molecule has 1 saturated heterocycles. The third-order valence-electron chi connectivity index (χ3n) is 6.02. The Labute approximate surface area is 175 Å². The summed E-state index contributed by atoms with van der Waals surface area (Å²) in [6.07, 6.45) is 9.00. The minimum Gasteiger partial charge on any atom is -0.330 e. The minimum absolute atomic E-state index is 0.00248. The first-order chi connectivity index (χ1) is 14.2. The first-order valence-electron chi connectivity index (χ1n) is 10.4. The van der Waals surface area contributed by atoms with Crippen molar-refractivity contribution in [2.45, 2.75) is 45.1 Å². The van der Waals surface area contributed by atoms with Crippen LogP contribution in [-0.4, -0.2) is 48.1 Å². The van der Waals surface area contributed by atoms with E-state index in [1.165, 1.54) is 28.2 Å². The molecule has 1 atom stereocenters. The molecule has 0 aromatic carbocycles. The molecule has 2 N–H and O–H groups in total. The molecule has 1 aliphatic heterocycles. The van der Waals surface area contributed by atoms with Gasteiger partial charge in [-0.25, -0.2) is 9.97 Å². The van der Waals surface area contributed by atoms with E-state index in [0.29, 0.717) is 5.56 Å². The molecule has 0 radical (unpaired) electrons. The average Bonchev–Trinajstić information content (AvgIpc) is 2.92. The number of nitrogens with one attached hydrogen (secondary N) is 2. The number of aryl methyl sites for hydroxylation is 1. The van der Waals surface area contributed by atoms with Gasteiger partial charge in [-0.2, -0.15) is 5.26 Å². The highest BCUT2D eigenvalue weighted by atomic mass is 32.1. The molecule has 2 aromatic heterocycles. The minimum atomic E-state index is -0.165. The number of hydrogen-bond acceptors (Lipinski definition) is 6. The van der Waals surface area contributed by atoms with Crippen LogP contribution in [0.15, 0.2) is 18.5 Å². The van der Waals surface area contributed by atoms with E-state index in [2.05, 4.69) is 26.3 Å². The van der Waals surface area contributed by atoms with Crippen LogP contribution in [0.5, 0.6) is 0 Å². The van der Waals surface area contributed by atoms with Crippen LogP contribution in [-0.2, 0) is 17.6 Å². The molecule has 0 saturated carbocycles. The SMILES string of the molecule is C[C@@H](C(=O)Nc1sc2c(c1C#N)CCCCC2)[NH+]1CCN(c2ncccn2)CC1. The molecule has 2 aromatic rings. The lowest BCUT2D eigenvalue weighted by molar-refractivity contribution is -0.914. The summed E-state index contributed by atoms with van der Waals surface area (Å²) in [5.74, 6) is 0.750. The largest absolute Gasteiger partial charge is 0.330 e. The van der Waals surface area contributed by atoms with E-state index in [4.69, 9.17) is 0 Å². The maximum atomic E-state index is 12.9. The number of hydrogen-bond donors (Lipinski definition) is 2. The van der Waals surface area contributed by atoms with Crippen molar-refractivity contribution in [3.05, 3.63) is 34.5 Å². The van der Waals surface area contributed by atoms with E-state index in [1.54, 1.807) is 23.7 Å². The summed E-state index contributed by atoms with van der Waals surface area (Å²) in [5.41, 5.74) is 1.86. The number of carbonyl (C=O) groups excluding carboxylic acids is 1. The summed E-state index contributed by atoms with van der Waals surface area (Å²) in [5, 5.41) is 13.5. The summed E-state index contributed by atoms with van der Waals surface area (Å²) >= 11 is 1.60. The van der Waals surface area contributed by atoms with Crippen molar-refractivity contribution in [2.24, 2.45) is 0 Å². The van der Waals surface area contributed by atoms with Gasteiger partial charge in [0.25, 0.3) is 5.91 Å². The zero-order valence-corrected chi connectivity index (χ0v) is 17.6. The van der Waals surface area contributed by atoms with Gasteiger partial charge in [0.2, 0.25) is 5.95 Å². The second kappa shape index (κ2) is 8.89. The van der Waals surface area contributed by atoms with Crippen molar-refractivity contribution in [2.75, 3.05) is 36.4 Å². The topological polar surface area (TPSA) is 86.4 Å². The molecule has 1 fully saturated rings. The Kier molecular flexibility index (Phi) is 6.07. The van der Waals surface area contributed by atoms with Crippen LogP contribution in [0.25, 0.3) is 0 Å². The van der Waals surface area contributed by atoms with Crippen molar-refractivity contribution in [1.29, 1.82) is 5.26 Å². The molecule has 152 valence electrons. The van der Waals surface area contributed by atoms with E-state index in [-0.39, 0.29) is 11.9 Å². The van der Waals surface area contributed by atoms with E-state index >= 15 is 0 Å². The summed E-state index contributed by atoms with van der Waals surface area (Å²) in [6.45, 7) is 5.35. The quantitative estimate of drug-likeness (QED) is 0.743. The molecule has 4 rings (SSSR count). The first-order valence-corrected chi connectivity index (χ1v) is 11.2. The number of piperazine rings is 1. The standard InChI is InChI=1S/C21H26N6OS/c1-15(26-10-12-27(13-11-26)21-23-8-5-9-24-21)19(28)25-20-17(14-22)16-6-3-2-4-7-18(16)29-20/h5,8-9,15H,2-4,6-7,10-13H2,1H3,(H,25,28)/p+1/t15-/m0/s1. The van der Waals surface area contributed by atoms with Crippen molar-refractivity contribution >= 4 is 28.2 Å². The van der Waals surface area contributed by atoms with Crippen molar-refractivity contribution in [3.8, 4) is 6.07 Å². The number of nitriles is 1. The van der Waals surface area contributed by atoms with E-state index in [1.807, 2.05) is 13.0 Å². The molecule has 1 amide bonds. The number of quaternary nitrogens is 1. The molecule has 2 aliphatic rings. The number of anilines is 2. The third-order valence-corrected chi connectivity index (χ3v) is 7.22. The fourth-order valence-corrected chi connectivity index (χ4v) is 5.48. The smallest absolute Gasteiger partial charge is 0.283 e. The molecule has 8 heteroatoms. The van der Waals surface area contributed by atoms with Gasteiger partial charge in [0, 0.05) is 17.3 Å². The van der Waals surface area contributed by atoms with Crippen molar-refractivity contribution < 1.29 is 9.69 Å². The lowest BCUT2D eigenvalue weighted by atomic mass is 10.1. The normalized spacial score (nSPS) is 18.4. The molecule has 0 unspecified atom stereocenters. The molecule has 0 spiro atoms. The number of rotatable bonds is 4. The fourth-order valence-electron chi connectivity index (χ4n) is 4.24. The Morgan fingerprint density at radius 1 is 1.24 bits per heavy atom.